The van der Waals surface area contributed by atoms with Gasteiger partial charge < -0.3 is 5.32 Å². The largest absolute Gasteiger partial charge is 0.356 e. The van der Waals surface area contributed by atoms with E-state index in [0.29, 0.717) is 0 Å². The molecule has 0 aromatic heterocycles. The van der Waals surface area contributed by atoms with E-state index in [0.717, 1.165) is 11.4 Å². The molecule has 16 heavy (non-hydrogen) atoms. The van der Waals surface area contributed by atoms with Gasteiger partial charge in [-0.15, -0.1) is 11.8 Å². The zero-order chi connectivity index (χ0) is 12.0. The Hall–Kier alpha value is -1.41. The number of aryl methyl sites for hydroxylation is 2. The number of allylic oxidation sites excluding steroid dienone is 1. The lowest BCUT2D eigenvalue weighted by atomic mass is 10.1. The SMILES string of the molecule is C=CS/C=C/C(=C)Nc1ccc(C)cc1C. The average Bonchev–Trinajstić information content (AvgIpc) is 2.23. The fourth-order valence-electron chi connectivity index (χ4n) is 1.35. The van der Waals surface area contributed by atoms with Crippen LogP contribution >= 0.6 is 11.8 Å². The first-order valence-electron chi connectivity index (χ1n) is 5.09. The third-order valence-corrected chi connectivity index (χ3v) is 2.61. The maximum absolute atomic E-state index is 3.94. The van der Waals surface area contributed by atoms with Gasteiger partial charge in [-0.25, -0.2) is 0 Å². The molecular formula is C14H17NS. The summed E-state index contributed by atoms with van der Waals surface area (Å²) in [6.07, 6.45) is 1.94. The van der Waals surface area contributed by atoms with E-state index in [2.05, 4.69) is 50.5 Å². The van der Waals surface area contributed by atoms with Gasteiger partial charge in [0.05, 0.1) is 0 Å². The van der Waals surface area contributed by atoms with Crippen LogP contribution in [0.5, 0.6) is 0 Å². The summed E-state index contributed by atoms with van der Waals surface area (Å²) in [4.78, 5) is 0. The smallest absolute Gasteiger partial charge is 0.0413 e. The van der Waals surface area contributed by atoms with Crippen LogP contribution in [0.1, 0.15) is 11.1 Å². The van der Waals surface area contributed by atoms with E-state index in [1.807, 2.05) is 11.5 Å². The molecule has 0 amide bonds. The highest BCUT2D eigenvalue weighted by Gasteiger charge is 1.97. The summed E-state index contributed by atoms with van der Waals surface area (Å²) in [5, 5.41) is 7.00. The topological polar surface area (TPSA) is 12.0 Å². The number of hydrogen-bond acceptors (Lipinski definition) is 2. The Morgan fingerprint density at radius 2 is 2.12 bits per heavy atom. The van der Waals surface area contributed by atoms with Crippen molar-refractivity contribution < 1.29 is 0 Å². The Balaban J connectivity index is 2.66. The van der Waals surface area contributed by atoms with Crippen LogP contribution < -0.4 is 5.32 Å². The molecule has 1 rings (SSSR count). The molecule has 1 aromatic carbocycles. The summed E-state index contributed by atoms with van der Waals surface area (Å²) in [7, 11) is 0. The summed E-state index contributed by atoms with van der Waals surface area (Å²) in [5.41, 5.74) is 4.47. The van der Waals surface area contributed by atoms with Crippen LogP contribution in [0.4, 0.5) is 5.69 Å². The summed E-state index contributed by atoms with van der Waals surface area (Å²) < 4.78 is 0. The van der Waals surface area contributed by atoms with Crippen molar-refractivity contribution in [1.29, 1.82) is 0 Å². The van der Waals surface area contributed by atoms with Crippen LogP contribution in [0.3, 0.4) is 0 Å². The molecule has 0 saturated carbocycles. The predicted molar refractivity (Wildman–Crippen MR) is 75.6 cm³/mol. The van der Waals surface area contributed by atoms with Gasteiger partial charge >= 0.3 is 0 Å². The lowest BCUT2D eigenvalue weighted by Crippen LogP contribution is -1.97. The summed E-state index contributed by atoms with van der Waals surface area (Å²) in [6, 6.07) is 6.31. The maximum atomic E-state index is 3.94. The van der Waals surface area contributed by atoms with Crippen LogP contribution in [-0.2, 0) is 0 Å². The molecule has 0 aliphatic carbocycles. The Kier molecular flexibility index (Phi) is 4.93. The number of rotatable bonds is 5. The van der Waals surface area contributed by atoms with E-state index in [9.17, 15) is 0 Å². The summed E-state index contributed by atoms with van der Waals surface area (Å²) in [5.74, 6) is 0. The minimum absolute atomic E-state index is 0.876. The van der Waals surface area contributed by atoms with Crippen molar-refractivity contribution >= 4 is 17.4 Å². The van der Waals surface area contributed by atoms with Crippen molar-refractivity contribution in [3.63, 3.8) is 0 Å². The van der Waals surface area contributed by atoms with Crippen LogP contribution in [0.2, 0.25) is 0 Å². The van der Waals surface area contributed by atoms with Crippen molar-refractivity contribution in [2.75, 3.05) is 5.32 Å². The number of anilines is 1. The molecule has 0 heterocycles. The average molecular weight is 231 g/mol. The van der Waals surface area contributed by atoms with Crippen LogP contribution in [0.25, 0.3) is 0 Å². The molecule has 0 spiro atoms. The minimum Gasteiger partial charge on any atom is -0.356 e. The Morgan fingerprint density at radius 3 is 2.75 bits per heavy atom. The third kappa shape index (κ3) is 3.99. The molecule has 1 nitrogen and oxygen atoms in total. The first-order valence-corrected chi connectivity index (χ1v) is 6.04. The second-order valence-corrected chi connectivity index (χ2v) is 4.45. The number of hydrogen-bond donors (Lipinski definition) is 1. The van der Waals surface area contributed by atoms with E-state index in [1.54, 1.807) is 5.41 Å². The maximum Gasteiger partial charge on any atom is 0.0413 e. The Morgan fingerprint density at radius 1 is 1.38 bits per heavy atom. The molecular weight excluding hydrogens is 214 g/mol. The monoisotopic (exact) mass is 231 g/mol. The van der Waals surface area contributed by atoms with Gasteiger partial charge in [0.2, 0.25) is 0 Å². The van der Waals surface area contributed by atoms with Gasteiger partial charge in [-0.05, 0) is 42.4 Å². The van der Waals surface area contributed by atoms with Gasteiger partial charge in [0.1, 0.15) is 0 Å². The van der Waals surface area contributed by atoms with Crippen molar-refractivity contribution in [1.82, 2.24) is 0 Å². The second-order valence-electron chi connectivity index (χ2n) is 3.57. The highest BCUT2D eigenvalue weighted by Crippen LogP contribution is 2.18. The van der Waals surface area contributed by atoms with Gasteiger partial charge in [0.25, 0.3) is 0 Å². The van der Waals surface area contributed by atoms with Crippen LogP contribution in [0.15, 0.2) is 53.9 Å². The Bertz CT molecular complexity index is 419. The lowest BCUT2D eigenvalue weighted by Gasteiger charge is -2.09. The lowest BCUT2D eigenvalue weighted by molar-refractivity contribution is 1.35. The molecule has 0 aliphatic rings. The molecule has 2 heteroatoms. The summed E-state index contributed by atoms with van der Waals surface area (Å²) >= 11 is 1.54. The molecule has 0 fully saturated rings. The first-order chi connectivity index (χ1) is 7.63. The van der Waals surface area contributed by atoms with Gasteiger partial charge in [-0.2, -0.15) is 0 Å². The molecule has 0 bridgehead atoms. The van der Waals surface area contributed by atoms with Gasteiger partial charge in [-0.3, -0.25) is 0 Å². The molecule has 1 aromatic rings. The van der Waals surface area contributed by atoms with E-state index in [-0.39, 0.29) is 0 Å². The normalized spacial score (nSPS) is 10.4. The minimum atomic E-state index is 0.876. The molecule has 0 aliphatic heterocycles. The number of nitrogens with one attached hydrogen (secondary N) is 1. The van der Waals surface area contributed by atoms with Crippen molar-refractivity contribution in [3.8, 4) is 0 Å². The molecule has 0 unspecified atom stereocenters. The standard InChI is InChI=1S/C14H17NS/c1-5-16-9-8-13(4)15-14-7-6-11(2)10-12(14)3/h5-10,15H,1,4H2,2-3H3/b9-8+. The number of benzene rings is 1. The molecule has 0 atom stereocenters. The fraction of sp³-hybridized carbons (Fsp3) is 0.143. The van der Waals surface area contributed by atoms with E-state index in [1.165, 1.54) is 22.9 Å². The van der Waals surface area contributed by atoms with Crippen molar-refractivity contribution in [2.24, 2.45) is 0 Å². The Labute approximate surface area is 102 Å². The molecule has 0 saturated heterocycles. The molecule has 1 N–H and O–H groups in total. The second kappa shape index (κ2) is 6.23. The zero-order valence-electron chi connectivity index (χ0n) is 9.79. The highest BCUT2D eigenvalue weighted by molar-refractivity contribution is 8.04. The predicted octanol–water partition coefficient (Wildman–Crippen LogP) is 4.62. The molecule has 0 radical (unpaired) electrons. The van der Waals surface area contributed by atoms with E-state index < -0.39 is 0 Å². The van der Waals surface area contributed by atoms with Gasteiger partial charge in [0.15, 0.2) is 0 Å². The third-order valence-electron chi connectivity index (χ3n) is 2.12. The van der Waals surface area contributed by atoms with Gasteiger partial charge in [-0.1, -0.05) is 30.9 Å². The van der Waals surface area contributed by atoms with Crippen molar-refractivity contribution in [2.45, 2.75) is 13.8 Å². The first kappa shape index (κ1) is 12.7. The van der Waals surface area contributed by atoms with Crippen LogP contribution in [-0.4, -0.2) is 0 Å². The van der Waals surface area contributed by atoms with Gasteiger partial charge in [0, 0.05) is 11.4 Å². The van der Waals surface area contributed by atoms with E-state index >= 15 is 0 Å². The van der Waals surface area contributed by atoms with E-state index in [4.69, 9.17) is 0 Å². The summed E-state index contributed by atoms with van der Waals surface area (Å²) in [6.45, 7) is 11.7. The quantitative estimate of drug-likeness (QED) is 0.742. The van der Waals surface area contributed by atoms with Crippen LogP contribution in [0, 0.1) is 13.8 Å². The van der Waals surface area contributed by atoms with Crippen molar-refractivity contribution in [3.05, 3.63) is 65.1 Å². The highest BCUT2D eigenvalue weighted by atomic mass is 32.2. The zero-order valence-corrected chi connectivity index (χ0v) is 10.6. The molecule has 84 valence electrons. The number of thioether (sulfide) groups is 1. The fourth-order valence-corrected chi connectivity index (χ4v) is 1.70.